The van der Waals surface area contributed by atoms with Gasteiger partial charge in [0.25, 0.3) is 8.05 Å². The molecule has 0 aromatic carbocycles. The van der Waals surface area contributed by atoms with Crippen molar-refractivity contribution in [2.75, 3.05) is 112 Å². The van der Waals surface area contributed by atoms with Crippen LogP contribution in [0.2, 0.25) is 0 Å². The van der Waals surface area contributed by atoms with Gasteiger partial charge in [-0.25, -0.2) is 0 Å². The summed E-state index contributed by atoms with van der Waals surface area (Å²) in [5.41, 5.74) is 0. The summed E-state index contributed by atoms with van der Waals surface area (Å²) in [5.74, 6) is 0.104. The summed E-state index contributed by atoms with van der Waals surface area (Å²) >= 11 is 0. The molecular weight excluding hydrogens is 639 g/mol. The number of ketones is 1. The first-order valence-electron chi connectivity index (χ1n) is 16.7. The molecule has 6 N–H and O–H groups in total. The molecule has 6 unspecified atom stereocenters. The zero-order valence-electron chi connectivity index (χ0n) is 28.8. The Kier molecular flexibility index (Phi) is 32.1. The van der Waals surface area contributed by atoms with Crippen LogP contribution >= 0.6 is 0 Å². The Morgan fingerprint density at radius 3 is 1.58 bits per heavy atom. The highest BCUT2D eigenvalue weighted by Crippen LogP contribution is 2.12. The summed E-state index contributed by atoms with van der Waals surface area (Å²) < 4.78 is 38.0. The number of ether oxygens (including phenoxy) is 6. The average Bonchev–Trinajstić information content (AvgIpc) is 3.07. The molecule has 0 amide bonds. The van der Waals surface area contributed by atoms with E-state index in [1.807, 2.05) is 0 Å². The van der Waals surface area contributed by atoms with Gasteiger partial charge in [0.1, 0.15) is 18.0 Å². The number of nitroso groups, excluding NO2 is 1. The molecular formula is C30H61BN2O15. The lowest BCUT2D eigenvalue weighted by Crippen LogP contribution is -2.50. The van der Waals surface area contributed by atoms with Gasteiger partial charge >= 0.3 is 0 Å². The molecule has 0 spiro atoms. The smallest absolute Gasteiger partial charge is 0.257 e. The number of Topliss-reactive ketones (excluding diaryl/α,β-unsaturated/α-hetero) is 1. The van der Waals surface area contributed by atoms with Crippen LogP contribution in [0.5, 0.6) is 0 Å². The highest BCUT2D eigenvalue weighted by molar-refractivity contribution is 5.98. The third-order valence-corrected chi connectivity index (χ3v) is 7.15. The van der Waals surface area contributed by atoms with Crippen molar-refractivity contribution in [3.05, 3.63) is 4.91 Å². The summed E-state index contributed by atoms with van der Waals surface area (Å²) in [5, 5.41) is 63.6. The maximum absolute atomic E-state index is 10.8. The third-order valence-electron chi connectivity index (χ3n) is 7.15. The lowest BCUT2D eigenvalue weighted by Gasteiger charge is -2.33. The molecule has 0 saturated heterocycles. The molecule has 6 atom stereocenters. The van der Waals surface area contributed by atoms with E-state index in [1.54, 1.807) is 4.90 Å². The molecule has 0 aliphatic heterocycles. The zero-order valence-corrected chi connectivity index (χ0v) is 28.8. The second kappa shape index (κ2) is 32.9. The van der Waals surface area contributed by atoms with E-state index < -0.39 is 36.6 Å². The number of unbranched alkanes of at least 4 members (excludes halogenated alkanes) is 1. The Labute approximate surface area is 285 Å². The molecule has 284 valence electrons. The van der Waals surface area contributed by atoms with Crippen molar-refractivity contribution in [1.82, 2.24) is 4.90 Å². The molecule has 0 heterocycles. The van der Waals surface area contributed by atoms with Gasteiger partial charge in [0, 0.05) is 45.9 Å². The molecule has 0 aromatic rings. The predicted octanol–water partition coefficient (Wildman–Crippen LogP) is -2.58. The van der Waals surface area contributed by atoms with Crippen molar-refractivity contribution >= 4 is 13.8 Å². The number of nitrogens with zero attached hydrogens (tertiary/aromatic N) is 2. The van der Waals surface area contributed by atoms with Gasteiger partial charge in [-0.2, -0.15) is 4.91 Å². The molecule has 0 aliphatic rings. The monoisotopic (exact) mass is 700 g/mol. The van der Waals surface area contributed by atoms with E-state index in [0.717, 1.165) is 12.8 Å². The van der Waals surface area contributed by atoms with E-state index in [0.29, 0.717) is 79.1 Å². The first-order valence-corrected chi connectivity index (χ1v) is 16.7. The Hall–Kier alpha value is -1.23. The second-order valence-corrected chi connectivity index (χ2v) is 11.2. The van der Waals surface area contributed by atoms with Crippen LogP contribution in [-0.2, 0) is 37.9 Å². The van der Waals surface area contributed by atoms with Crippen LogP contribution in [0.15, 0.2) is 5.18 Å². The highest BCUT2D eigenvalue weighted by Gasteiger charge is 2.30. The van der Waals surface area contributed by atoms with Crippen LogP contribution in [0.1, 0.15) is 39.0 Å². The van der Waals surface area contributed by atoms with Gasteiger partial charge in [0.05, 0.1) is 97.0 Å². The number of hydrogen-bond acceptors (Lipinski definition) is 17. The topological polar surface area (TPSA) is 236 Å². The fourth-order valence-corrected chi connectivity index (χ4v) is 4.32. The van der Waals surface area contributed by atoms with Crippen molar-refractivity contribution < 1.29 is 68.5 Å². The molecule has 17 nitrogen and oxygen atoms in total. The van der Waals surface area contributed by atoms with Crippen molar-refractivity contribution in [3.63, 3.8) is 0 Å². The number of rotatable bonds is 37. The Bertz CT molecular complexity index is 748. The Morgan fingerprint density at radius 1 is 0.667 bits per heavy atom. The number of aliphatic hydroxyl groups excluding tert-OH is 6. The molecule has 0 aromatic heterocycles. The Balaban J connectivity index is 4.10. The van der Waals surface area contributed by atoms with Gasteiger partial charge < -0.3 is 63.7 Å². The number of aliphatic hydroxyl groups is 6. The van der Waals surface area contributed by atoms with Crippen LogP contribution in [-0.4, -0.2) is 198 Å². The van der Waals surface area contributed by atoms with Gasteiger partial charge in [0.15, 0.2) is 0 Å². The van der Waals surface area contributed by atoms with E-state index in [4.69, 9.17) is 33.1 Å². The Morgan fingerprint density at radius 2 is 1.12 bits per heavy atom. The zero-order chi connectivity index (χ0) is 35.8. The van der Waals surface area contributed by atoms with Crippen molar-refractivity contribution in [3.8, 4) is 0 Å². The largest absolute Gasteiger partial charge is 0.438 e. The van der Waals surface area contributed by atoms with Gasteiger partial charge in [-0.1, -0.05) is 5.18 Å². The molecule has 0 aliphatic carbocycles. The predicted molar refractivity (Wildman–Crippen MR) is 176 cm³/mol. The molecule has 48 heavy (non-hydrogen) atoms. The van der Waals surface area contributed by atoms with Crippen molar-refractivity contribution in [1.29, 1.82) is 0 Å². The normalized spacial score (nSPS) is 15.7. The standard InChI is InChI=1S/C30H61BN2O15/c1-24(35)6-12-44-16-19-47-21-20-46-18-15-43-11-3-2-10-42-14-17-45-13-8-33(22-26(37)29(39)25(36)4-7-32-41)23-27(38)30(40)28(48-31)5-9-34/h25-30,34,36-40H,2-23,31H2,1H3. The quantitative estimate of drug-likeness (QED) is 0.0222. The highest BCUT2D eigenvalue weighted by atomic mass is 16.6. The van der Waals surface area contributed by atoms with Crippen LogP contribution < -0.4 is 0 Å². The average molecular weight is 701 g/mol. The van der Waals surface area contributed by atoms with E-state index in [9.17, 15) is 40.3 Å². The van der Waals surface area contributed by atoms with Crippen LogP contribution in [0, 0.1) is 4.91 Å². The first-order chi connectivity index (χ1) is 23.2. The lowest BCUT2D eigenvalue weighted by molar-refractivity contribution is -0.118. The molecule has 18 heteroatoms. The van der Waals surface area contributed by atoms with E-state index in [1.165, 1.54) is 15.0 Å². The molecule has 0 saturated carbocycles. The lowest BCUT2D eigenvalue weighted by atomic mass is 10.0. The molecule has 0 fully saturated rings. The minimum atomic E-state index is -1.56. The van der Waals surface area contributed by atoms with Crippen LogP contribution in [0.25, 0.3) is 0 Å². The van der Waals surface area contributed by atoms with Gasteiger partial charge in [-0.05, 0) is 32.6 Å². The molecule has 0 bridgehead atoms. The van der Waals surface area contributed by atoms with Crippen LogP contribution in [0.3, 0.4) is 0 Å². The molecule has 0 rings (SSSR count). The second-order valence-electron chi connectivity index (χ2n) is 11.2. The summed E-state index contributed by atoms with van der Waals surface area (Å²) in [6.07, 6.45) is -5.75. The number of carbonyl (C=O) groups is 1. The number of hydrogen-bond donors (Lipinski definition) is 6. The van der Waals surface area contributed by atoms with Crippen LogP contribution in [0.4, 0.5) is 0 Å². The van der Waals surface area contributed by atoms with Gasteiger partial charge in [-0.15, -0.1) is 0 Å². The van der Waals surface area contributed by atoms with Crippen molar-refractivity contribution in [2.45, 2.75) is 75.7 Å². The van der Waals surface area contributed by atoms with E-state index >= 15 is 0 Å². The van der Waals surface area contributed by atoms with Crippen molar-refractivity contribution in [2.24, 2.45) is 5.18 Å². The maximum atomic E-state index is 10.8. The first kappa shape index (κ1) is 46.8. The number of carbonyl (C=O) groups excluding carboxylic acids is 1. The van der Waals surface area contributed by atoms with E-state index in [2.05, 4.69) is 5.18 Å². The SMILES string of the molecule is BOC(CCO)C(O)C(O)CN(CCOCCOCCCCOCCOCCOCCOCCC(C)=O)CC(O)C(O)C(O)CCN=O. The summed E-state index contributed by atoms with van der Waals surface area (Å²) in [6, 6.07) is 0. The minimum absolute atomic E-state index is 0.104. The fourth-order valence-electron chi connectivity index (χ4n) is 4.32. The summed E-state index contributed by atoms with van der Waals surface area (Å²) in [6.45, 7) is 6.17. The maximum Gasteiger partial charge on any atom is 0.257 e. The summed E-state index contributed by atoms with van der Waals surface area (Å²) in [4.78, 5) is 22.7. The third kappa shape index (κ3) is 26.6. The van der Waals surface area contributed by atoms with Gasteiger partial charge in [-0.3, -0.25) is 9.69 Å². The molecule has 0 radical (unpaired) electrons. The minimum Gasteiger partial charge on any atom is -0.438 e. The summed E-state index contributed by atoms with van der Waals surface area (Å²) in [7, 11) is 1.35. The van der Waals surface area contributed by atoms with E-state index in [-0.39, 0.29) is 58.0 Å². The fraction of sp³-hybridized carbons (Fsp3) is 0.967. The van der Waals surface area contributed by atoms with Gasteiger partial charge in [0.2, 0.25) is 0 Å².